The van der Waals surface area contributed by atoms with Crippen LogP contribution in [0.4, 0.5) is 10.1 Å². The summed E-state index contributed by atoms with van der Waals surface area (Å²) in [6, 6.07) is 4.06. The van der Waals surface area contributed by atoms with Crippen LogP contribution in [0.5, 0.6) is 0 Å². The van der Waals surface area contributed by atoms with Crippen molar-refractivity contribution in [1.29, 1.82) is 0 Å². The number of rotatable bonds is 4. The van der Waals surface area contributed by atoms with Gasteiger partial charge < -0.3 is 19.4 Å². The summed E-state index contributed by atoms with van der Waals surface area (Å²) in [6.45, 7) is 1.71. The summed E-state index contributed by atoms with van der Waals surface area (Å²) in [5, 5.41) is 21.7. The van der Waals surface area contributed by atoms with E-state index in [2.05, 4.69) is 20.5 Å². The van der Waals surface area contributed by atoms with Crippen LogP contribution in [-0.2, 0) is 12.6 Å². The molecule has 2 N–H and O–H groups in total. The van der Waals surface area contributed by atoms with Gasteiger partial charge in [0.05, 0.1) is 17.0 Å². The normalized spacial score (nSPS) is 27.0. The van der Waals surface area contributed by atoms with Gasteiger partial charge in [0.25, 0.3) is 5.91 Å². The van der Waals surface area contributed by atoms with E-state index in [0.29, 0.717) is 30.1 Å². The first-order valence-electron chi connectivity index (χ1n) is 10.5. The van der Waals surface area contributed by atoms with Crippen molar-refractivity contribution in [1.82, 2.24) is 19.7 Å². The summed E-state index contributed by atoms with van der Waals surface area (Å²) in [7, 11) is 1.77. The molecule has 168 valence electrons. The van der Waals surface area contributed by atoms with Crippen LogP contribution in [0.2, 0.25) is 5.02 Å². The Kier molecular flexibility index (Phi) is 5.05. The van der Waals surface area contributed by atoms with Gasteiger partial charge in [0, 0.05) is 25.6 Å². The summed E-state index contributed by atoms with van der Waals surface area (Å²) in [4.78, 5) is 17.6. The maximum absolute atomic E-state index is 13.4. The fourth-order valence-corrected chi connectivity index (χ4v) is 5.51. The third kappa shape index (κ3) is 3.59. The maximum atomic E-state index is 13.4. The molecule has 1 amide bonds. The Labute approximate surface area is 188 Å². The number of anilines is 1. The first-order chi connectivity index (χ1) is 15.2. The average Bonchev–Trinajstić information content (AvgIpc) is 3.48. The summed E-state index contributed by atoms with van der Waals surface area (Å²) in [5.74, 6) is 0.540. The monoisotopic (exact) mass is 459 g/mol. The molecule has 8 nitrogen and oxygen atoms in total. The van der Waals surface area contributed by atoms with Crippen LogP contribution in [-0.4, -0.2) is 30.8 Å². The molecule has 0 radical (unpaired) electrons. The number of hydrogen-bond donors (Lipinski definition) is 2. The Balaban J connectivity index is 1.32. The number of carbonyl (C=O) groups is 1. The number of hydrogen-bond acceptors (Lipinski definition) is 6. The second-order valence-electron chi connectivity index (χ2n) is 8.93. The first-order valence-corrected chi connectivity index (χ1v) is 10.9. The first kappa shape index (κ1) is 21.1. The maximum Gasteiger partial charge on any atom is 0.274 e. The quantitative estimate of drug-likeness (QED) is 0.612. The summed E-state index contributed by atoms with van der Waals surface area (Å²) >= 11 is 5.83. The van der Waals surface area contributed by atoms with Crippen LogP contribution in [0, 0.1) is 24.6 Å². The van der Waals surface area contributed by atoms with Crippen LogP contribution in [0.3, 0.4) is 0 Å². The van der Waals surface area contributed by atoms with Crippen LogP contribution in [0.25, 0.3) is 0 Å². The van der Waals surface area contributed by atoms with Gasteiger partial charge in [0.1, 0.15) is 17.1 Å². The van der Waals surface area contributed by atoms with E-state index < -0.39 is 11.4 Å². The predicted molar refractivity (Wildman–Crippen MR) is 114 cm³/mol. The van der Waals surface area contributed by atoms with E-state index in [1.165, 1.54) is 18.2 Å². The van der Waals surface area contributed by atoms with Gasteiger partial charge in [0.15, 0.2) is 0 Å². The fourth-order valence-electron chi connectivity index (χ4n) is 5.33. The molecular formula is C22H23ClFN5O3. The Morgan fingerprint density at radius 1 is 1.31 bits per heavy atom. The highest BCUT2D eigenvalue weighted by molar-refractivity contribution is 6.31. The molecule has 0 bridgehead atoms. The molecule has 2 atom stereocenters. The second kappa shape index (κ2) is 7.67. The lowest BCUT2D eigenvalue weighted by atomic mass is 9.92. The molecule has 10 heteroatoms. The molecule has 3 aromatic rings. The average molecular weight is 460 g/mol. The number of aryl methyl sites for hydroxylation is 2. The summed E-state index contributed by atoms with van der Waals surface area (Å²) < 4.78 is 20.6. The summed E-state index contributed by atoms with van der Waals surface area (Å²) in [6.07, 6.45) is 4.38. The Morgan fingerprint density at radius 3 is 2.66 bits per heavy atom. The standard InChI is InChI=1S/C22H23ClFN5O3/c1-11-27-28-21(32-11)22(31)8-13-5-12(6-14(13)9-22)18-19(29(2)10-25-18)20(30)26-15-3-4-17(24)16(23)7-15/h3-4,7,10,12-14,31H,5-6,8-9H2,1-2H3,(H,26,30). The number of carbonyl (C=O) groups excluding carboxylic acids is 1. The minimum atomic E-state index is -1.09. The Bertz CT molecular complexity index is 1180. The van der Waals surface area contributed by atoms with Crippen molar-refractivity contribution in [2.45, 2.75) is 44.1 Å². The Morgan fingerprint density at radius 2 is 2.03 bits per heavy atom. The minimum absolute atomic E-state index is 0.0550. The van der Waals surface area contributed by atoms with E-state index in [1.54, 1.807) is 24.9 Å². The lowest BCUT2D eigenvalue weighted by Gasteiger charge is -2.20. The number of imidazole rings is 1. The number of benzene rings is 1. The van der Waals surface area contributed by atoms with Crippen molar-refractivity contribution in [2.75, 3.05) is 5.32 Å². The van der Waals surface area contributed by atoms with Crippen LogP contribution in [0.1, 0.15) is 59.6 Å². The molecule has 0 aliphatic heterocycles. The van der Waals surface area contributed by atoms with Crippen LogP contribution in [0.15, 0.2) is 28.9 Å². The SMILES string of the molecule is Cc1nnc(C2(O)CC3CC(c4ncn(C)c4C(=O)Nc4ccc(F)c(Cl)c4)CC3C2)o1. The highest BCUT2D eigenvalue weighted by atomic mass is 35.5. The fraction of sp³-hybridized carbons (Fsp3) is 0.455. The minimum Gasteiger partial charge on any atom is -0.422 e. The van der Waals surface area contributed by atoms with E-state index in [9.17, 15) is 14.3 Å². The van der Waals surface area contributed by atoms with Gasteiger partial charge in [0.2, 0.25) is 11.8 Å². The third-order valence-electron chi connectivity index (χ3n) is 6.71. The number of aromatic nitrogens is 4. The van der Waals surface area contributed by atoms with Gasteiger partial charge in [-0.05, 0) is 55.7 Å². The molecule has 2 aliphatic carbocycles. The number of amides is 1. The van der Waals surface area contributed by atoms with E-state index in [-0.39, 0.29) is 34.6 Å². The van der Waals surface area contributed by atoms with Gasteiger partial charge in [-0.25, -0.2) is 9.37 Å². The van der Waals surface area contributed by atoms with Gasteiger partial charge in [-0.1, -0.05) is 11.6 Å². The molecule has 2 saturated carbocycles. The van der Waals surface area contributed by atoms with Crippen molar-refractivity contribution in [2.24, 2.45) is 18.9 Å². The summed E-state index contributed by atoms with van der Waals surface area (Å²) in [5.41, 5.74) is 0.535. The number of halogens is 2. The zero-order valence-corrected chi connectivity index (χ0v) is 18.4. The van der Waals surface area contributed by atoms with E-state index in [4.69, 9.17) is 16.0 Å². The van der Waals surface area contributed by atoms with Gasteiger partial charge in [-0.15, -0.1) is 10.2 Å². The lowest BCUT2D eigenvalue weighted by molar-refractivity contribution is 0.00672. The highest BCUT2D eigenvalue weighted by Crippen LogP contribution is 2.56. The smallest absolute Gasteiger partial charge is 0.274 e. The zero-order valence-electron chi connectivity index (χ0n) is 17.7. The van der Waals surface area contributed by atoms with Crippen molar-refractivity contribution in [3.8, 4) is 0 Å². The molecule has 5 rings (SSSR count). The molecule has 2 heterocycles. The lowest BCUT2D eigenvalue weighted by Crippen LogP contribution is -2.24. The Hall–Kier alpha value is -2.78. The van der Waals surface area contributed by atoms with Crippen LogP contribution >= 0.6 is 11.6 Å². The molecule has 2 aliphatic rings. The van der Waals surface area contributed by atoms with Gasteiger partial charge in [-0.3, -0.25) is 4.79 Å². The van der Waals surface area contributed by atoms with Crippen molar-refractivity contribution < 1.29 is 18.7 Å². The van der Waals surface area contributed by atoms with Gasteiger partial charge >= 0.3 is 0 Å². The van der Waals surface area contributed by atoms with Crippen LogP contribution < -0.4 is 5.32 Å². The third-order valence-corrected chi connectivity index (χ3v) is 7.00. The predicted octanol–water partition coefficient (Wildman–Crippen LogP) is 3.95. The second-order valence-corrected chi connectivity index (χ2v) is 9.33. The molecule has 2 unspecified atom stereocenters. The molecule has 0 spiro atoms. The van der Waals surface area contributed by atoms with Crippen molar-refractivity contribution >= 4 is 23.2 Å². The van der Waals surface area contributed by atoms with E-state index in [0.717, 1.165) is 18.5 Å². The molecule has 2 aromatic heterocycles. The molecule has 2 fully saturated rings. The topological polar surface area (TPSA) is 106 Å². The van der Waals surface area contributed by atoms with Crippen molar-refractivity contribution in [3.63, 3.8) is 0 Å². The number of aliphatic hydroxyl groups is 1. The number of nitrogens with one attached hydrogen (secondary N) is 1. The molecular weight excluding hydrogens is 437 g/mol. The molecule has 1 aromatic carbocycles. The highest BCUT2D eigenvalue weighted by Gasteiger charge is 2.52. The van der Waals surface area contributed by atoms with Crippen molar-refractivity contribution in [3.05, 3.63) is 58.5 Å². The van der Waals surface area contributed by atoms with E-state index in [1.807, 2.05) is 0 Å². The zero-order chi connectivity index (χ0) is 22.6. The number of fused-ring (bicyclic) bond motifs is 1. The molecule has 32 heavy (non-hydrogen) atoms. The van der Waals surface area contributed by atoms with Gasteiger partial charge in [-0.2, -0.15) is 0 Å². The molecule has 0 saturated heterocycles. The number of nitrogens with zero attached hydrogens (tertiary/aromatic N) is 4. The largest absolute Gasteiger partial charge is 0.422 e. The van der Waals surface area contributed by atoms with E-state index >= 15 is 0 Å².